The maximum absolute atomic E-state index is 2.53. The number of rotatable bonds is 5. The molecule has 0 aliphatic carbocycles. The molecule has 17 heavy (non-hydrogen) atoms. The van der Waals surface area contributed by atoms with Crippen molar-refractivity contribution in [2.75, 3.05) is 0 Å². The van der Waals surface area contributed by atoms with Gasteiger partial charge in [-0.15, -0.1) is 0 Å². The van der Waals surface area contributed by atoms with E-state index in [1.165, 1.54) is 29.6 Å². The van der Waals surface area contributed by atoms with Crippen LogP contribution in [-0.4, -0.2) is 16.9 Å². The van der Waals surface area contributed by atoms with Crippen LogP contribution in [0.1, 0.15) is 17.5 Å². The van der Waals surface area contributed by atoms with E-state index in [0.717, 1.165) is 0 Å². The second-order valence-corrected chi connectivity index (χ2v) is 14.0. The summed E-state index contributed by atoms with van der Waals surface area (Å²) in [6.07, 6.45) is 1.44. The van der Waals surface area contributed by atoms with Crippen LogP contribution in [0, 0.1) is 13.8 Å². The summed E-state index contributed by atoms with van der Waals surface area (Å²) in [5.74, 6) is 0. The maximum Gasteiger partial charge on any atom is 0.0809 e. The minimum atomic E-state index is -1.21. The molecule has 0 N–H and O–H groups in total. The van der Waals surface area contributed by atoms with Gasteiger partial charge in [0.2, 0.25) is 0 Å². The topological polar surface area (TPSA) is 0 Å². The first-order valence-corrected chi connectivity index (χ1v) is 12.6. The number of hydrogen-bond donors (Lipinski definition) is 0. The van der Waals surface area contributed by atoms with Gasteiger partial charge in [0, 0.05) is 8.80 Å². The Morgan fingerprint density at radius 3 is 2.35 bits per heavy atom. The fraction of sp³-hybridized carbons (Fsp3) is 0.600. The minimum absolute atomic E-state index is 0.0340. The summed E-state index contributed by atoms with van der Waals surface area (Å²) in [6.45, 7) is 14.4. The molecule has 2 heteroatoms. The van der Waals surface area contributed by atoms with Crippen LogP contribution in [0.5, 0.6) is 0 Å². The average molecular weight is 264 g/mol. The van der Waals surface area contributed by atoms with Crippen LogP contribution >= 0.6 is 0 Å². The normalized spacial score (nSPS) is 12.2. The summed E-state index contributed by atoms with van der Waals surface area (Å²) in [7, 11) is -1.24. The molecule has 1 rings (SSSR count). The number of aryl methyl sites for hydroxylation is 2. The van der Waals surface area contributed by atoms with E-state index < -0.39 is 8.07 Å². The monoisotopic (exact) mass is 263 g/mol. The standard InChI is InChI=1S/C15H27Si2/c1-13-8-9-14(2)15(12-13)17(5,6)11-7-10-16(3)4/h8-9,12H,7,10-11H2,1-6H3. The molecular weight excluding hydrogens is 236 g/mol. The Morgan fingerprint density at radius 1 is 1.12 bits per heavy atom. The predicted molar refractivity (Wildman–Crippen MR) is 84.7 cm³/mol. The van der Waals surface area contributed by atoms with Crippen molar-refractivity contribution in [3.63, 3.8) is 0 Å². The number of benzene rings is 1. The summed E-state index contributed by atoms with van der Waals surface area (Å²) < 4.78 is 0. The third-order valence-corrected chi connectivity index (χ3v) is 8.55. The molecule has 1 aromatic rings. The minimum Gasteiger partial charge on any atom is -0.0713 e. The molecule has 0 aliphatic rings. The highest BCUT2D eigenvalue weighted by molar-refractivity contribution is 6.90. The SMILES string of the molecule is Cc1ccc(C)c([Si](C)(C)CCC[Si](C)C)c1. The summed E-state index contributed by atoms with van der Waals surface area (Å²) >= 11 is 0. The van der Waals surface area contributed by atoms with Crippen LogP contribution in [-0.2, 0) is 0 Å². The van der Waals surface area contributed by atoms with Crippen molar-refractivity contribution >= 4 is 22.1 Å². The molecule has 0 nitrogen and oxygen atoms in total. The molecule has 95 valence electrons. The lowest BCUT2D eigenvalue weighted by Crippen LogP contribution is -2.43. The molecule has 0 saturated heterocycles. The van der Waals surface area contributed by atoms with E-state index >= 15 is 0 Å². The smallest absolute Gasteiger partial charge is 0.0713 e. The van der Waals surface area contributed by atoms with Crippen molar-refractivity contribution in [3.05, 3.63) is 29.3 Å². The van der Waals surface area contributed by atoms with Gasteiger partial charge in [0.15, 0.2) is 0 Å². The molecule has 0 bridgehead atoms. The van der Waals surface area contributed by atoms with Crippen LogP contribution in [0.25, 0.3) is 0 Å². The van der Waals surface area contributed by atoms with Gasteiger partial charge >= 0.3 is 0 Å². The Kier molecular flexibility index (Phi) is 5.20. The van der Waals surface area contributed by atoms with Crippen molar-refractivity contribution in [1.82, 2.24) is 0 Å². The summed E-state index contributed by atoms with van der Waals surface area (Å²) in [5.41, 5.74) is 2.92. The lowest BCUT2D eigenvalue weighted by atomic mass is 10.2. The van der Waals surface area contributed by atoms with E-state index in [9.17, 15) is 0 Å². The lowest BCUT2D eigenvalue weighted by Gasteiger charge is -2.25. The molecule has 0 aromatic heterocycles. The zero-order valence-corrected chi connectivity index (χ0v) is 14.4. The fourth-order valence-electron chi connectivity index (χ4n) is 2.48. The zero-order chi connectivity index (χ0) is 13.1. The summed E-state index contributed by atoms with van der Waals surface area (Å²) in [6, 6.07) is 9.90. The van der Waals surface area contributed by atoms with E-state index in [1.54, 1.807) is 5.19 Å². The van der Waals surface area contributed by atoms with Gasteiger partial charge in [-0.2, -0.15) is 0 Å². The van der Waals surface area contributed by atoms with Crippen LogP contribution in [0.15, 0.2) is 18.2 Å². The second-order valence-electron chi connectivity index (χ2n) is 6.26. The molecule has 0 unspecified atom stereocenters. The molecule has 0 amide bonds. The van der Waals surface area contributed by atoms with Crippen molar-refractivity contribution in [2.24, 2.45) is 0 Å². The van der Waals surface area contributed by atoms with Gasteiger partial charge in [-0.05, 0) is 13.8 Å². The largest absolute Gasteiger partial charge is 0.0809 e. The van der Waals surface area contributed by atoms with E-state index in [2.05, 4.69) is 58.2 Å². The first-order valence-electron chi connectivity index (χ1n) is 6.70. The van der Waals surface area contributed by atoms with Gasteiger partial charge in [0.05, 0.1) is 8.07 Å². The lowest BCUT2D eigenvalue weighted by molar-refractivity contribution is 1.03. The van der Waals surface area contributed by atoms with Crippen LogP contribution < -0.4 is 5.19 Å². The van der Waals surface area contributed by atoms with Gasteiger partial charge in [0.25, 0.3) is 0 Å². The highest BCUT2D eigenvalue weighted by atomic mass is 28.3. The Morgan fingerprint density at radius 2 is 1.76 bits per heavy atom. The van der Waals surface area contributed by atoms with Crippen LogP contribution in [0.2, 0.25) is 38.3 Å². The van der Waals surface area contributed by atoms with E-state index in [1.807, 2.05) is 0 Å². The number of hydrogen-bond acceptors (Lipinski definition) is 0. The van der Waals surface area contributed by atoms with Gasteiger partial charge in [-0.25, -0.2) is 0 Å². The maximum atomic E-state index is 2.53. The highest BCUT2D eigenvalue weighted by Gasteiger charge is 2.24. The third-order valence-electron chi connectivity index (χ3n) is 3.60. The van der Waals surface area contributed by atoms with Gasteiger partial charge in [-0.3, -0.25) is 0 Å². The average Bonchev–Trinajstić information content (AvgIpc) is 2.20. The fourth-order valence-corrected chi connectivity index (χ4v) is 6.82. The van der Waals surface area contributed by atoms with E-state index in [4.69, 9.17) is 0 Å². The van der Waals surface area contributed by atoms with Crippen LogP contribution in [0.4, 0.5) is 0 Å². The van der Waals surface area contributed by atoms with Gasteiger partial charge < -0.3 is 0 Å². The molecule has 1 aromatic carbocycles. The van der Waals surface area contributed by atoms with Crippen molar-refractivity contribution in [1.29, 1.82) is 0 Å². The molecule has 0 fully saturated rings. The zero-order valence-electron chi connectivity index (χ0n) is 12.4. The van der Waals surface area contributed by atoms with Crippen molar-refractivity contribution in [2.45, 2.75) is 58.5 Å². The van der Waals surface area contributed by atoms with E-state index in [0.29, 0.717) is 0 Å². The highest BCUT2D eigenvalue weighted by Crippen LogP contribution is 2.17. The molecule has 0 spiro atoms. The van der Waals surface area contributed by atoms with Crippen molar-refractivity contribution < 1.29 is 0 Å². The van der Waals surface area contributed by atoms with Crippen molar-refractivity contribution in [3.8, 4) is 0 Å². The molecule has 0 saturated carbocycles. The molecule has 1 radical (unpaired) electrons. The third kappa shape index (κ3) is 4.43. The van der Waals surface area contributed by atoms with Crippen LogP contribution in [0.3, 0.4) is 0 Å². The Bertz CT molecular complexity index is 367. The Hall–Kier alpha value is -0.346. The second kappa shape index (κ2) is 6.01. The molecular formula is C15H27Si2. The predicted octanol–water partition coefficient (Wildman–Crippen LogP) is 4.36. The quantitative estimate of drug-likeness (QED) is 0.692. The van der Waals surface area contributed by atoms with Gasteiger partial charge in [0.1, 0.15) is 0 Å². The van der Waals surface area contributed by atoms with E-state index in [-0.39, 0.29) is 8.80 Å². The first kappa shape index (κ1) is 14.7. The molecule has 0 atom stereocenters. The Balaban J connectivity index is 2.77. The first-order chi connectivity index (χ1) is 7.83. The Labute approximate surface area is 110 Å². The molecule has 0 aliphatic heterocycles. The van der Waals surface area contributed by atoms with Gasteiger partial charge in [-0.1, -0.05) is 79.2 Å². The summed E-state index contributed by atoms with van der Waals surface area (Å²) in [5, 5.41) is 1.68. The molecule has 0 heterocycles. The summed E-state index contributed by atoms with van der Waals surface area (Å²) in [4.78, 5) is 0.